The van der Waals surface area contributed by atoms with Gasteiger partial charge in [-0.15, -0.1) is 0 Å². The molecular weight excluding hydrogens is 492 g/mol. The normalized spacial score (nSPS) is 11.4. The van der Waals surface area contributed by atoms with Crippen molar-refractivity contribution in [1.29, 1.82) is 0 Å². The van der Waals surface area contributed by atoms with Crippen LogP contribution in [0.1, 0.15) is 141 Å². The van der Waals surface area contributed by atoms with E-state index >= 15 is 0 Å². The number of rotatable bonds is 21. The summed E-state index contributed by atoms with van der Waals surface area (Å²) in [6.07, 6.45) is 24.2. The van der Waals surface area contributed by atoms with Crippen molar-refractivity contribution in [2.24, 2.45) is 0 Å². The molecule has 0 aromatic heterocycles. The fourth-order valence-electron chi connectivity index (χ4n) is 5.44. The Bertz CT molecular complexity index is 984. The fraction of sp³-hybridized carbons (Fsp3) is 0.667. The maximum absolute atomic E-state index is 12.6. The third-order valence-electron chi connectivity index (χ3n) is 7.53. The Morgan fingerprint density at radius 2 is 1.05 bits per heavy atom. The van der Waals surface area contributed by atoms with E-state index in [2.05, 4.69) is 19.9 Å². The third kappa shape index (κ3) is 13.4. The molecule has 2 rings (SSSR count). The van der Waals surface area contributed by atoms with Gasteiger partial charge in [0.2, 0.25) is 0 Å². The van der Waals surface area contributed by atoms with E-state index in [0.717, 1.165) is 48.6 Å². The van der Waals surface area contributed by atoms with Crippen molar-refractivity contribution in [2.75, 3.05) is 0 Å². The van der Waals surface area contributed by atoms with Gasteiger partial charge in [-0.25, -0.2) is 0 Å². The second-order valence-corrected chi connectivity index (χ2v) is 12.1. The number of hydrogen-bond acceptors (Lipinski definition) is 3. The van der Waals surface area contributed by atoms with Gasteiger partial charge in [-0.05, 0) is 42.2 Å². The van der Waals surface area contributed by atoms with Crippen molar-refractivity contribution >= 4 is 27.7 Å². The molecule has 0 amide bonds. The predicted octanol–water partition coefficient (Wildman–Crippen LogP) is 10.0. The zero-order chi connectivity index (χ0) is 28.1. The Hall–Kier alpha value is -1.72. The smallest absolute Gasteiger partial charge is 0.295 e. The molecule has 0 spiro atoms. The molecule has 5 heteroatoms. The van der Waals surface area contributed by atoms with E-state index in [-0.39, 0.29) is 4.90 Å². The van der Waals surface area contributed by atoms with E-state index in [0.29, 0.717) is 5.39 Å². The highest BCUT2D eigenvalue weighted by atomic mass is 32.2. The van der Waals surface area contributed by atoms with Gasteiger partial charge in [-0.1, -0.05) is 147 Å². The first-order valence-corrected chi connectivity index (χ1v) is 16.7. The van der Waals surface area contributed by atoms with Crippen molar-refractivity contribution in [2.45, 2.75) is 147 Å². The van der Waals surface area contributed by atoms with Crippen molar-refractivity contribution in [3.8, 4) is 0 Å². The van der Waals surface area contributed by atoms with Crippen LogP contribution in [0.3, 0.4) is 0 Å². The molecule has 0 saturated carbocycles. The Morgan fingerprint density at radius 1 is 0.632 bits per heavy atom. The second-order valence-electron chi connectivity index (χ2n) is 10.7. The highest BCUT2D eigenvalue weighted by molar-refractivity contribution is 7.86. The average molecular weight is 547 g/mol. The standard InChI is InChI=1S/C32H52O3S.CH2O/c1-3-5-7-9-11-13-15-17-19-23-28-27-29-24-21-22-26-31(29)32(36(33,34)35)30(28)25-20-18-16-14-12-10-8-6-4-2;1-2/h21-22,24,26-27H,3-20,23,25H2,1-2H3,(H,33,34,35);1H2. The van der Waals surface area contributed by atoms with Crippen LogP contribution in [0.5, 0.6) is 0 Å². The van der Waals surface area contributed by atoms with E-state index in [4.69, 9.17) is 4.79 Å². The molecule has 216 valence electrons. The molecule has 38 heavy (non-hydrogen) atoms. The van der Waals surface area contributed by atoms with Crippen LogP contribution in [0.4, 0.5) is 0 Å². The summed E-state index contributed by atoms with van der Waals surface area (Å²) < 4.78 is 35.4. The Kier molecular flexibility index (Phi) is 19.1. The van der Waals surface area contributed by atoms with Gasteiger partial charge >= 0.3 is 0 Å². The molecule has 0 fully saturated rings. The molecule has 0 atom stereocenters. The average Bonchev–Trinajstić information content (AvgIpc) is 2.91. The van der Waals surface area contributed by atoms with Gasteiger partial charge in [0.15, 0.2) is 0 Å². The molecule has 4 nitrogen and oxygen atoms in total. The lowest BCUT2D eigenvalue weighted by Crippen LogP contribution is -2.08. The molecule has 2 aromatic carbocycles. The summed E-state index contributed by atoms with van der Waals surface area (Å²) in [5.74, 6) is 0. The van der Waals surface area contributed by atoms with E-state index in [9.17, 15) is 13.0 Å². The summed E-state index contributed by atoms with van der Waals surface area (Å²) in [6, 6.07) is 9.78. The SMILES string of the molecule is C=O.CCCCCCCCCCCc1cc2ccccc2c(S(=O)(=O)O)c1CCCCCCCCCCC. The molecule has 0 aliphatic rings. The number of benzene rings is 2. The number of fused-ring (bicyclic) bond motifs is 1. The first-order valence-electron chi connectivity index (χ1n) is 15.3. The topological polar surface area (TPSA) is 71.4 Å². The van der Waals surface area contributed by atoms with Crippen molar-refractivity contribution in [3.63, 3.8) is 0 Å². The molecule has 2 aromatic rings. The molecule has 0 heterocycles. The largest absolute Gasteiger partial charge is 0.307 e. The van der Waals surface area contributed by atoms with Crippen LogP contribution in [0, 0.1) is 0 Å². The van der Waals surface area contributed by atoms with Crippen LogP contribution in [0.15, 0.2) is 35.2 Å². The molecule has 0 unspecified atom stereocenters. The first kappa shape index (κ1) is 34.3. The summed E-state index contributed by atoms with van der Waals surface area (Å²) in [4.78, 5) is 8.16. The van der Waals surface area contributed by atoms with Gasteiger partial charge in [0.1, 0.15) is 11.7 Å². The van der Waals surface area contributed by atoms with Crippen molar-refractivity contribution in [3.05, 3.63) is 41.5 Å². The summed E-state index contributed by atoms with van der Waals surface area (Å²) in [7, 11) is -4.29. The first-order chi connectivity index (χ1) is 18.5. The number of carbonyl (C=O) groups is 1. The molecular formula is C33H54O4S. The van der Waals surface area contributed by atoms with Gasteiger partial charge in [-0.3, -0.25) is 4.55 Å². The number of carbonyl (C=O) groups excluding carboxylic acids is 1. The third-order valence-corrected chi connectivity index (χ3v) is 8.52. The van der Waals surface area contributed by atoms with Gasteiger partial charge < -0.3 is 4.79 Å². The van der Waals surface area contributed by atoms with E-state index in [1.807, 2.05) is 31.1 Å². The Labute approximate surface area is 233 Å². The lowest BCUT2D eigenvalue weighted by atomic mass is 9.93. The van der Waals surface area contributed by atoms with E-state index in [1.54, 1.807) is 0 Å². The highest BCUT2D eigenvalue weighted by Crippen LogP contribution is 2.32. The molecule has 0 radical (unpaired) electrons. The summed E-state index contributed by atoms with van der Waals surface area (Å²) in [5.41, 5.74) is 1.97. The minimum atomic E-state index is -4.29. The zero-order valence-corrected chi connectivity index (χ0v) is 25.1. The maximum atomic E-state index is 12.6. The van der Waals surface area contributed by atoms with Crippen LogP contribution in [0.25, 0.3) is 10.8 Å². The van der Waals surface area contributed by atoms with Gasteiger partial charge in [0.05, 0.1) is 0 Å². The number of aryl methyl sites for hydroxylation is 1. The molecule has 1 N–H and O–H groups in total. The fourth-order valence-corrected chi connectivity index (χ4v) is 6.45. The molecule has 0 bridgehead atoms. The second kappa shape index (κ2) is 21.1. The van der Waals surface area contributed by atoms with Gasteiger partial charge in [-0.2, -0.15) is 8.42 Å². The van der Waals surface area contributed by atoms with Gasteiger partial charge in [0, 0.05) is 5.39 Å². The minimum absolute atomic E-state index is 0.158. The summed E-state index contributed by atoms with van der Waals surface area (Å²) in [5, 5.41) is 1.56. The molecule has 0 saturated heterocycles. The van der Waals surface area contributed by atoms with Gasteiger partial charge in [0.25, 0.3) is 10.1 Å². The van der Waals surface area contributed by atoms with Crippen LogP contribution < -0.4 is 0 Å². The lowest BCUT2D eigenvalue weighted by Gasteiger charge is -2.17. The summed E-state index contributed by atoms with van der Waals surface area (Å²) in [6.45, 7) is 6.50. The minimum Gasteiger partial charge on any atom is -0.307 e. The maximum Gasteiger partial charge on any atom is 0.295 e. The quantitative estimate of drug-likeness (QED) is 0.125. The van der Waals surface area contributed by atoms with Crippen LogP contribution in [-0.2, 0) is 27.8 Å². The van der Waals surface area contributed by atoms with Crippen LogP contribution in [-0.4, -0.2) is 19.8 Å². The lowest BCUT2D eigenvalue weighted by molar-refractivity contribution is -0.0980. The Balaban J connectivity index is 0.00000352. The highest BCUT2D eigenvalue weighted by Gasteiger charge is 2.22. The predicted molar refractivity (Wildman–Crippen MR) is 163 cm³/mol. The number of hydrogen-bond donors (Lipinski definition) is 1. The Morgan fingerprint density at radius 3 is 1.53 bits per heavy atom. The molecule has 0 aliphatic heterocycles. The van der Waals surface area contributed by atoms with Crippen LogP contribution >= 0.6 is 0 Å². The number of unbranched alkanes of at least 4 members (excludes halogenated alkanes) is 16. The van der Waals surface area contributed by atoms with Crippen LogP contribution in [0.2, 0.25) is 0 Å². The monoisotopic (exact) mass is 546 g/mol. The van der Waals surface area contributed by atoms with Crippen molar-refractivity contribution < 1.29 is 17.8 Å². The molecule has 0 aliphatic carbocycles. The van der Waals surface area contributed by atoms with E-state index < -0.39 is 10.1 Å². The van der Waals surface area contributed by atoms with Crippen molar-refractivity contribution in [1.82, 2.24) is 0 Å². The zero-order valence-electron chi connectivity index (χ0n) is 24.3. The summed E-state index contributed by atoms with van der Waals surface area (Å²) >= 11 is 0. The van der Waals surface area contributed by atoms with E-state index in [1.165, 1.54) is 96.3 Å².